The minimum absolute atomic E-state index is 0.0914. The molecule has 0 saturated carbocycles. The van der Waals surface area contributed by atoms with Crippen LogP contribution in [0.25, 0.3) is 22.6 Å². The van der Waals surface area contributed by atoms with Crippen LogP contribution in [0.5, 0.6) is 0 Å². The Balaban J connectivity index is 2.17. The van der Waals surface area contributed by atoms with Gasteiger partial charge in [0.05, 0.1) is 11.1 Å². The Morgan fingerprint density at radius 3 is 2.83 bits per heavy atom. The van der Waals surface area contributed by atoms with Crippen molar-refractivity contribution in [2.24, 2.45) is 0 Å². The third-order valence-electron chi connectivity index (χ3n) is 2.43. The molecule has 7 heteroatoms. The standard InChI is InChI=1S/C11H6FN3O2S/c12-6-4-18-3-5(6)9-13-7-1-2-8(11(16)17)14-10(7)15-9/h1-4H,(H,16,17)(H,13,14,15). The number of aromatic amines is 1. The van der Waals surface area contributed by atoms with Crippen molar-refractivity contribution in [3.05, 3.63) is 34.4 Å². The van der Waals surface area contributed by atoms with Crippen LogP contribution in [0, 0.1) is 5.82 Å². The zero-order valence-corrected chi connectivity index (χ0v) is 9.66. The third kappa shape index (κ3) is 1.65. The number of hydrogen-bond acceptors (Lipinski definition) is 4. The molecule has 0 aliphatic carbocycles. The molecule has 3 aromatic rings. The molecule has 18 heavy (non-hydrogen) atoms. The summed E-state index contributed by atoms with van der Waals surface area (Å²) >= 11 is 1.23. The quantitative estimate of drug-likeness (QED) is 0.744. The number of H-pyrrole nitrogens is 1. The molecule has 0 saturated heterocycles. The number of fused-ring (bicyclic) bond motifs is 1. The SMILES string of the molecule is O=C(O)c1ccc2[nH]c(-c3cscc3F)nc2n1. The van der Waals surface area contributed by atoms with E-state index in [0.29, 0.717) is 16.9 Å². The van der Waals surface area contributed by atoms with Gasteiger partial charge < -0.3 is 10.1 Å². The second kappa shape index (κ2) is 3.88. The maximum absolute atomic E-state index is 13.4. The first-order chi connectivity index (χ1) is 8.65. The van der Waals surface area contributed by atoms with Crippen molar-refractivity contribution in [3.63, 3.8) is 0 Å². The number of thiophene rings is 1. The molecular weight excluding hydrogens is 257 g/mol. The molecule has 0 bridgehead atoms. The molecule has 0 atom stereocenters. The molecule has 0 radical (unpaired) electrons. The number of rotatable bonds is 2. The largest absolute Gasteiger partial charge is 0.477 e. The average molecular weight is 263 g/mol. The van der Waals surface area contributed by atoms with E-state index in [4.69, 9.17) is 5.11 Å². The summed E-state index contributed by atoms with van der Waals surface area (Å²) in [4.78, 5) is 21.7. The van der Waals surface area contributed by atoms with Gasteiger partial charge in [-0.1, -0.05) is 0 Å². The van der Waals surface area contributed by atoms with E-state index in [1.807, 2.05) is 0 Å². The summed E-state index contributed by atoms with van der Waals surface area (Å²) in [7, 11) is 0. The summed E-state index contributed by atoms with van der Waals surface area (Å²) in [5.41, 5.74) is 1.09. The number of hydrogen-bond donors (Lipinski definition) is 2. The van der Waals surface area contributed by atoms with Crippen molar-refractivity contribution in [1.82, 2.24) is 15.0 Å². The first kappa shape index (κ1) is 10.8. The Morgan fingerprint density at radius 1 is 1.33 bits per heavy atom. The van der Waals surface area contributed by atoms with Crippen LogP contribution in [-0.4, -0.2) is 26.0 Å². The maximum Gasteiger partial charge on any atom is 0.354 e. The van der Waals surface area contributed by atoms with Crippen molar-refractivity contribution in [3.8, 4) is 11.4 Å². The Kier molecular flexibility index (Phi) is 2.34. The first-order valence-electron chi connectivity index (χ1n) is 4.97. The van der Waals surface area contributed by atoms with Crippen LogP contribution in [0.2, 0.25) is 0 Å². The van der Waals surface area contributed by atoms with E-state index in [1.54, 1.807) is 11.4 Å². The van der Waals surface area contributed by atoms with Crippen molar-refractivity contribution < 1.29 is 14.3 Å². The molecule has 0 spiro atoms. The van der Waals surface area contributed by atoms with E-state index in [1.165, 1.54) is 22.8 Å². The molecule has 2 N–H and O–H groups in total. The van der Waals surface area contributed by atoms with Gasteiger partial charge in [0.25, 0.3) is 0 Å². The molecule has 3 heterocycles. The zero-order valence-electron chi connectivity index (χ0n) is 8.85. The molecule has 0 fully saturated rings. The normalized spacial score (nSPS) is 10.9. The van der Waals surface area contributed by atoms with Crippen LogP contribution < -0.4 is 0 Å². The Hall–Kier alpha value is -2.28. The Labute approximate surface area is 104 Å². The van der Waals surface area contributed by atoms with Crippen LogP contribution in [0.4, 0.5) is 4.39 Å². The second-order valence-corrected chi connectivity index (χ2v) is 4.34. The summed E-state index contributed by atoms with van der Waals surface area (Å²) in [5.74, 6) is -1.14. The van der Waals surface area contributed by atoms with Gasteiger partial charge in [0, 0.05) is 10.8 Å². The zero-order chi connectivity index (χ0) is 12.7. The average Bonchev–Trinajstić information content (AvgIpc) is 2.92. The lowest BCUT2D eigenvalue weighted by molar-refractivity contribution is 0.0691. The van der Waals surface area contributed by atoms with Gasteiger partial charge in [-0.3, -0.25) is 0 Å². The van der Waals surface area contributed by atoms with E-state index in [-0.39, 0.29) is 17.2 Å². The molecule has 90 valence electrons. The van der Waals surface area contributed by atoms with Crippen molar-refractivity contribution in [2.75, 3.05) is 0 Å². The fraction of sp³-hybridized carbons (Fsp3) is 0. The summed E-state index contributed by atoms with van der Waals surface area (Å²) in [6.07, 6.45) is 0. The van der Waals surface area contributed by atoms with E-state index < -0.39 is 5.97 Å². The summed E-state index contributed by atoms with van der Waals surface area (Å²) in [6, 6.07) is 2.93. The van der Waals surface area contributed by atoms with Gasteiger partial charge in [-0.25, -0.2) is 19.2 Å². The van der Waals surface area contributed by atoms with Gasteiger partial charge in [-0.15, -0.1) is 11.3 Å². The predicted molar refractivity (Wildman–Crippen MR) is 64.1 cm³/mol. The fourth-order valence-electron chi connectivity index (χ4n) is 1.59. The molecule has 5 nitrogen and oxygen atoms in total. The lowest BCUT2D eigenvalue weighted by atomic mass is 10.3. The lowest BCUT2D eigenvalue weighted by Gasteiger charge is -1.91. The minimum Gasteiger partial charge on any atom is -0.477 e. The molecular formula is C11H6FN3O2S. The number of carbonyl (C=O) groups is 1. The van der Waals surface area contributed by atoms with Crippen LogP contribution in [0.15, 0.2) is 22.9 Å². The Morgan fingerprint density at radius 2 is 2.17 bits per heavy atom. The minimum atomic E-state index is -1.12. The highest BCUT2D eigenvalue weighted by atomic mass is 32.1. The number of carboxylic acids is 1. The number of aromatic carboxylic acids is 1. The Bertz CT molecular complexity index is 750. The van der Waals surface area contributed by atoms with Crippen molar-refractivity contribution in [2.45, 2.75) is 0 Å². The van der Waals surface area contributed by atoms with E-state index in [2.05, 4.69) is 15.0 Å². The van der Waals surface area contributed by atoms with Crippen LogP contribution >= 0.6 is 11.3 Å². The highest BCUT2D eigenvalue weighted by Crippen LogP contribution is 2.25. The molecule has 0 aliphatic rings. The molecule has 0 aliphatic heterocycles. The van der Waals surface area contributed by atoms with Crippen LogP contribution in [-0.2, 0) is 0 Å². The number of halogens is 1. The van der Waals surface area contributed by atoms with Crippen LogP contribution in [0.3, 0.4) is 0 Å². The lowest BCUT2D eigenvalue weighted by Crippen LogP contribution is -1.99. The molecule has 3 aromatic heterocycles. The highest BCUT2D eigenvalue weighted by molar-refractivity contribution is 7.08. The summed E-state index contributed by atoms with van der Waals surface area (Å²) < 4.78 is 13.4. The topological polar surface area (TPSA) is 78.9 Å². The predicted octanol–water partition coefficient (Wildman–Crippen LogP) is 2.52. The molecule has 0 amide bonds. The van der Waals surface area contributed by atoms with Gasteiger partial charge in [-0.2, -0.15) is 0 Å². The molecule has 0 aromatic carbocycles. The van der Waals surface area contributed by atoms with Gasteiger partial charge in [0.2, 0.25) is 0 Å². The summed E-state index contributed by atoms with van der Waals surface area (Å²) in [6.45, 7) is 0. The number of nitrogens with zero attached hydrogens (tertiary/aromatic N) is 2. The van der Waals surface area contributed by atoms with Crippen molar-refractivity contribution >= 4 is 28.5 Å². The maximum atomic E-state index is 13.4. The highest BCUT2D eigenvalue weighted by Gasteiger charge is 2.13. The number of pyridine rings is 1. The van der Waals surface area contributed by atoms with E-state index >= 15 is 0 Å². The van der Waals surface area contributed by atoms with Crippen molar-refractivity contribution in [1.29, 1.82) is 0 Å². The van der Waals surface area contributed by atoms with Gasteiger partial charge in [-0.05, 0) is 12.1 Å². The number of aromatic nitrogens is 3. The monoisotopic (exact) mass is 263 g/mol. The fourth-order valence-corrected chi connectivity index (χ4v) is 2.26. The second-order valence-electron chi connectivity index (χ2n) is 3.59. The van der Waals surface area contributed by atoms with Gasteiger partial charge >= 0.3 is 5.97 Å². The van der Waals surface area contributed by atoms with E-state index in [9.17, 15) is 9.18 Å². The van der Waals surface area contributed by atoms with Gasteiger partial charge in [0.1, 0.15) is 11.6 Å². The van der Waals surface area contributed by atoms with Crippen LogP contribution in [0.1, 0.15) is 10.5 Å². The molecule has 3 rings (SSSR count). The number of carboxylic acid groups (broad SMARTS) is 1. The number of nitrogens with one attached hydrogen (secondary N) is 1. The van der Waals surface area contributed by atoms with E-state index in [0.717, 1.165) is 0 Å². The first-order valence-corrected chi connectivity index (χ1v) is 5.91. The molecule has 0 unspecified atom stereocenters. The van der Waals surface area contributed by atoms with Gasteiger partial charge in [0.15, 0.2) is 11.3 Å². The third-order valence-corrected chi connectivity index (χ3v) is 3.15. The smallest absolute Gasteiger partial charge is 0.354 e. The summed E-state index contributed by atoms with van der Waals surface area (Å²) in [5, 5.41) is 11.8. The number of imidazole rings is 1.